The van der Waals surface area contributed by atoms with Gasteiger partial charge in [0, 0.05) is 56.9 Å². The molecule has 0 spiro atoms. The van der Waals surface area contributed by atoms with Crippen LogP contribution in [-0.4, -0.2) is 120 Å². The number of nitrogens with one attached hydrogen (secondary N) is 3. The summed E-state index contributed by atoms with van der Waals surface area (Å²) in [6, 6.07) is 3.06. The minimum atomic E-state index is -3.92. The van der Waals surface area contributed by atoms with Crippen LogP contribution in [0.1, 0.15) is 82.6 Å². The lowest BCUT2D eigenvalue weighted by Crippen LogP contribution is -2.60. The zero-order chi connectivity index (χ0) is 40.9. The second kappa shape index (κ2) is 15.6. The van der Waals surface area contributed by atoms with Crippen LogP contribution in [0.15, 0.2) is 35.7 Å². The van der Waals surface area contributed by atoms with Crippen molar-refractivity contribution in [2.45, 2.75) is 101 Å². The number of ether oxygens (including phenoxy) is 1. The van der Waals surface area contributed by atoms with Crippen molar-refractivity contribution in [3.63, 3.8) is 0 Å². The highest BCUT2D eigenvalue weighted by atomic mass is 32.2. The zero-order valence-corrected chi connectivity index (χ0v) is 34.7. The van der Waals surface area contributed by atoms with E-state index in [4.69, 9.17) is 4.74 Å². The highest BCUT2D eigenvalue weighted by Crippen LogP contribution is 2.47. The maximum absolute atomic E-state index is 14.7. The lowest BCUT2D eigenvalue weighted by molar-refractivity contribution is -0.142. The maximum atomic E-state index is 14.7. The third kappa shape index (κ3) is 8.81. The van der Waals surface area contributed by atoms with E-state index >= 15 is 0 Å². The van der Waals surface area contributed by atoms with Crippen LogP contribution in [-0.2, 0) is 29.1 Å². The Bertz CT molecular complexity index is 2060. The maximum Gasteiger partial charge on any atom is 0.408 e. The summed E-state index contributed by atoms with van der Waals surface area (Å²) in [6.07, 6.45) is 7.34. The lowest BCUT2D eigenvalue weighted by atomic mass is 9.93. The van der Waals surface area contributed by atoms with E-state index < -0.39 is 74.1 Å². The van der Waals surface area contributed by atoms with E-state index in [1.54, 1.807) is 43.9 Å². The number of aromatic nitrogens is 2. The Kier molecular flexibility index (Phi) is 11.1. The Labute approximate surface area is 337 Å². The first-order chi connectivity index (χ1) is 27.0. The molecule has 3 aliphatic heterocycles. The molecule has 0 radical (unpaired) electrons. The smallest absolute Gasteiger partial charge is 0.408 e. The molecule has 0 aromatic carbocycles. The topological polar surface area (TPSA) is 200 Å². The normalized spacial score (nSPS) is 28.5. The van der Waals surface area contributed by atoms with Crippen LogP contribution in [0.5, 0.6) is 0 Å². The van der Waals surface area contributed by atoms with Crippen LogP contribution in [0.25, 0.3) is 11.4 Å². The monoisotopic (exact) mass is 824 g/mol. The van der Waals surface area contributed by atoms with E-state index in [-0.39, 0.29) is 43.6 Å². The van der Waals surface area contributed by atoms with Gasteiger partial charge in [0.1, 0.15) is 34.6 Å². The lowest BCUT2D eigenvalue weighted by Gasteiger charge is -2.33. The number of hydrogen-bond acceptors (Lipinski definition) is 12. The van der Waals surface area contributed by atoms with Crippen LogP contribution in [0.2, 0.25) is 0 Å². The summed E-state index contributed by atoms with van der Waals surface area (Å²) >= 11 is 1.46. The second-order valence-electron chi connectivity index (χ2n) is 17.1. The van der Waals surface area contributed by atoms with E-state index in [1.165, 1.54) is 16.2 Å². The summed E-state index contributed by atoms with van der Waals surface area (Å²) in [5.41, 5.74) is -0.936. The molecule has 2 aromatic rings. The van der Waals surface area contributed by atoms with Gasteiger partial charge in [0.05, 0.1) is 10.9 Å². The molecule has 5 aliphatic rings. The van der Waals surface area contributed by atoms with Crippen molar-refractivity contribution in [1.29, 1.82) is 0 Å². The quantitative estimate of drug-likeness (QED) is 0.347. The van der Waals surface area contributed by atoms with Gasteiger partial charge >= 0.3 is 6.09 Å². The van der Waals surface area contributed by atoms with Crippen molar-refractivity contribution in [2.24, 2.45) is 17.8 Å². The van der Waals surface area contributed by atoms with Crippen LogP contribution in [0.4, 0.5) is 9.93 Å². The van der Waals surface area contributed by atoms with Crippen LogP contribution >= 0.6 is 11.3 Å². The van der Waals surface area contributed by atoms with E-state index in [2.05, 4.69) is 25.3 Å². The second-order valence-corrected chi connectivity index (χ2v) is 19.9. The van der Waals surface area contributed by atoms with Crippen molar-refractivity contribution in [1.82, 2.24) is 35.1 Å². The summed E-state index contributed by atoms with van der Waals surface area (Å²) in [7, 11) is -0.125. The number of nitrogens with zero attached hydrogens (tertiary/aromatic N) is 5. The molecule has 16 nitrogen and oxygen atoms in total. The Hall–Kier alpha value is -4.58. The number of pyridine rings is 1. The number of fused-ring (bicyclic) bond motifs is 4. The van der Waals surface area contributed by atoms with Gasteiger partial charge in [-0.1, -0.05) is 31.1 Å². The first kappa shape index (κ1) is 40.6. The van der Waals surface area contributed by atoms with Gasteiger partial charge in [0.2, 0.25) is 21.8 Å². The Morgan fingerprint density at radius 2 is 1.79 bits per heavy atom. The molecule has 0 bridgehead atoms. The number of hydrogen-bond donors (Lipinski definition) is 3. The Balaban J connectivity index is 1.17. The van der Waals surface area contributed by atoms with Crippen LogP contribution in [0, 0.1) is 17.8 Å². The molecule has 18 heteroatoms. The first-order valence-corrected chi connectivity index (χ1v) is 22.1. The number of allylic oxidation sites excluding steroid dienone is 1. The van der Waals surface area contributed by atoms with Gasteiger partial charge in [0.15, 0.2) is 5.13 Å². The summed E-state index contributed by atoms with van der Waals surface area (Å²) in [4.78, 5) is 84.5. The molecule has 4 fully saturated rings. The van der Waals surface area contributed by atoms with Crippen molar-refractivity contribution < 1.29 is 37.1 Å². The van der Waals surface area contributed by atoms with Gasteiger partial charge in [-0.3, -0.25) is 23.9 Å². The summed E-state index contributed by atoms with van der Waals surface area (Å²) in [6.45, 7) is 5.67. The third-order valence-corrected chi connectivity index (χ3v) is 14.1. The van der Waals surface area contributed by atoms with Crippen molar-refractivity contribution >= 4 is 56.2 Å². The van der Waals surface area contributed by atoms with E-state index in [9.17, 15) is 32.4 Å². The molecule has 2 saturated heterocycles. The summed E-state index contributed by atoms with van der Waals surface area (Å²) in [5, 5.41) is 7.72. The first-order valence-electron chi connectivity index (χ1n) is 19.7. The number of thiazole rings is 1. The molecule has 7 rings (SSSR count). The molecule has 5 heterocycles. The molecule has 308 valence electrons. The number of carbonyl (C=O) groups is 5. The zero-order valence-electron chi connectivity index (χ0n) is 33.0. The molecule has 5 amide bonds. The molecule has 2 saturated carbocycles. The number of carbonyl (C=O) groups excluding carboxylic acids is 5. The Morgan fingerprint density at radius 3 is 2.49 bits per heavy atom. The molecule has 57 heavy (non-hydrogen) atoms. The van der Waals surface area contributed by atoms with Crippen LogP contribution < -0.4 is 20.3 Å². The number of anilines is 1. The van der Waals surface area contributed by atoms with Gasteiger partial charge in [-0.15, -0.1) is 11.3 Å². The SMILES string of the molecule is CN(C)c1nc(-c2cccc(C(=O)N3C[C@H]4CN5C(=O)[C@@H](NC(=O)OC(C)(C)C)CCCCC/C=C\[C@H]6C[C@@]6(C(=O)NS(=O)(=O)C6CC6)NC(=O)[C@@H]5[C@H]4C3)n2)cs1. The molecule has 6 atom stereocenters. The van der Waals surface area contributed by atoms with Crippen molar-refractivity contribution in [3.05, 3.63) is 41.4 Å². The standard InChI is InChI=1S/C39H52N8O8S2/c1-38(2,3)55-37(52)42-29-13-10-8-6-7-9-12-24-18-39(24,35(51)44-57(53,54)25-16-17-25)43-32(48)31-26-21-46(19-23(26)20-47(31)34(29)50)33(49)28-15-11-14-27(40-28)30-22-56-36(41-30)45(4)5/h9,11-12,14-15,22-26,29,31H,6-8,10,13,16-21H2,1-5H3,(H,42,52)(H,43,48)(H,44,51)/b12-9-/t23-,24-,26-,29-,31-,39+/m0/s1. The fourth-order valence-corrected chi connectivity index (χ4v) is 10.2. The number of sulfonamides is 1. The highest BCUT2D eigenvalue weighted by Gasteiger charge is 2.63. The average molecular weight is 825 g/mol. The van der Waals surface area contributed by atoms with E-state index in [1.807, 2.05) is 36.5 Å². The molecule has 2 aliphatic carbocycles. The largest absolute Gasteiger partial charge is 0.444 e. The summed E-state index contributed by atoms with van der Waals surface area (Å²) < 4.78 is 33.6. The number of likely N-dealkylation sites (tertiary alicyclic amines) is 1. The predicted octanol–water partition coefficient (Wildman–Crippen LogP) is 3.07. The van der Waals surface area contributed by atoms with Gasteiger partial charge in [-0.05, 0) is 71.4 Å². The minimum absolute atomic E-state index is 0.121. The Morgan fingerprint density at radius 1 is 1.02 bits per heavy atom. The van der Waals surface area contributed by atoms with Gasteiger partial charge in [0.25, 0.3) is 11.8 Å². The fraction of sp³-hybridized carbons (Fsp3) is 0.615. The number of amides is 5. The molecule has 2 aromatic heterocycles. The predicted molar refractivity (Wildman–Crippen MR) is 213 cm³/mol. The van der Waals surface area contributed by atoms with Crippen molar-refractivity contribution in [3.8, 4) is 11.4 Å². The van der Waals surface area contributed by atoms with Gasteiger partial charge < -0.3 is 30.1 Å². The highest BCUT2D eigenvalue weighted by molar-refractivity contribution is 7.91. The van der Waals surface area contributed by atoms with Crippen LogP contribution in [0.3, 0.4) is 0 Å². The van der Waals surface area contributed by atoms with Crippen molar-refractivity contribution in [2.75, 3.05) is 38.6 Å². The molecule has 0 unspecified atom stereocenters. The molecule has 3 N–H and O–H groups in total. The van der Waals surface area contributed by atoms with Gasteiger partial charge in [-0.2, -0.15) is 0 Å². The van der Waals surface area contributed by atoms with E-state index in [0.29, 0.717) is 43.5 Å². The fourth-order valence-electron chi connectivity index (χ4n) is 8.13. The number of alkyl carbamates (subject to hydrolysis) is 1. The van der Waals surface area contributed by atoms with Gasteiger partial charge in [-0.25, -0.2) is 23.2 Å². The summed E-state index contributed by atoms with van der Waals surface area (Å²) in [5.74, 6) is -3.50. The average Bonchev–Trinajstić information content (AvgIpc) is 3.96. The molecular formula is C39H52N8O8S2. The third-order valence-electron chi connectivity index (χ3n) is 11.3. The van der Waals surface area contributed by atoms with E-state index in [0.717, 1.165) is 18.0 Å². The number of rotatable bonds is 7. The minimum Gasteiger partial charge on any atom is -0.444 e. The molecular weight excluding hydrogens is 773 g/mol.